The number of urea groups is 1. The molecule has 2 aliphatic rings. The summed E-state index contributed by atoms with van der Waals surface area (Å²) in [6.07, 6.45) is 5.22. The monoisotopic (exact) mass is 482 g/mol. The molecule has 2 amide bonds. The summed E-state index contributed by atoms with van der Waals surface area (Å²) in [5.41, 5.74) is 3.86. The number of hydrogen-bond donors (Lipinski definition) is 3. The van der Waals surface area contributed by atoms with E-state index in [1.807, 2.05) is 0 Å². The fourth-order valence-electron chi connectivity index (χ4n) is 4.43. The number of aliphatic hydroxyl groups is 1. The van der Waals surface area contributed by atoms with Crippen molar-refractivity contribution in [1.29, 1.82) is 0 Å². The van der Waals surface area contributed by atoms with Crippen LogP contribution < -0.4 is 10.0 Å². The van der Waals surface area contributed by atoms with Gasteiger partial charge >= 0.3 is 6.03 Å². The SMILES string of the molecule is CC(C)(O)c1cc(Cl)cc(S(=O)(=O)NC(=O)Nc2c3c(c(Cl)c4c2CCC4)CCC3)c1. The average molecular weight is 483 g/mol. The maximum absolute atomic E-state index is 12.9. The quantitative estimate of drug-likeness (QED) is 0.587. The Kier molecular flexibility index (Phi) is 5.75. The molecule has 0 bridgehead atoms. The normalized spacial score (nSPS) is 15.5. The number of benzene rings is 2. The van der Waals surface area contributed by atoms with E-state index in [-0.39, 0.29) is 9.92 Å². The Bertz CT molecular complexity index is 1150. The first kappa shape index (κ1) is 22.4. The van der Waals surface area contributed by atoms with Crippen LogP contribution in [0.25, 0.3) is 0 Å². The predicted molar refractivity (Wildman–Crippen MR) is 122 cm³/mol. The molecule has 0 radical (unpaired) electrons. The van der Waals surface area contributed by atoms with E-state index in [4.69, 9.17) is 23.2 Å². The van der Waals surface area contributed by atoms with Crippen molar-refractivity contribution in [3.8, 4) is 0 Å². The van der Waals surface area contributed by atoms with Crippen LogP contribution in [0.1, 0.15) is 54.5 Å². The highest BCUT2D eigenvalue weighted by atomic mass is 35.5. The molecular weight excluding hydrogens is 459 g/mol. The molecule has 2 aliphatic carbocycles. The summed E-state index contributed by atoms with van der Waals surface area (Å²) < 4.78 is 27.8. The van der Waals surface area contributed by atoms with E-state index in [2.05, 4.69) is 10.0 Å². The van der Waals surface area contributed by atoms with Gasteiger partial charge in [-0.2, -0.15) is 0 Å². The molecule has 0 saturated carbocycles. The van der Waals surface area contributed by atoms with Crippen LogP contribution in [0.2, 0.25) is 10.0 Å². The number of carbonyl (C=O) groups is 1. The van der Waals surface area contributed by atoms with E-state index < -0.39 is 21.7 Å². The third-order valence-electron chi connectivity index (χ3n) is 5.92. The first-order valence-corrected chi connectivity index (χ1v) is 12.4. The molecule has 166 valence electrons. The number of fused-ring (bicyclic) bond motifs is 2. The smallest absolute Gasteiger partial charge is 0.333 e. The van der Waals surface area contributed by atoms with E-state index in [9.17, 15) is 18.3 Å². The summed E-state index contributed by atoms with van der Waals surface area (Å²) in [6, 6.07) is 3.19. The van der Waals surface area contributed by atoms with Crippen LogP contribution in [-0.4, -0.2) is 19.6 Å². The van der Waals surface area contributed by atoms with Crippen molar-refractivity contribution in [2.45, 2.75) is 62.9 Å². The lowest BCUT2D eigenvalue weighted by Crippen LogP contribution is -2.35. The number of sulfonamides is 1. The Morgan fingerprint density at radius 2 is 1.52 bits per heavy atom. The van der Waals surface area contributed by atoms with Gasteiger partial charge in [-0.15, -0.1) is 0 Å². The Hall–Kier alpha value is -1.80. The molecule has 2 aromatic rings. The van der Waals surface area contributed by atoms with Crippen molar-refractivity contribution in [3.05, 3.63) is 56.1 Å². The van der Waals surface area contributed by atoms with Crippen LogP contribution in [0.4, 0.5) is 10.5 Å². The Morgan fingerprint density at radius 3 is 2.06 bits per heavy atom. The molecule has 0 fully saturated rings. The van der Waals surface area contributed by atoms with E-state index in [0.29, 0.717) is 11.3 Å². The second-order valence-corrected chi connectivity index (χ2v) is 11.1. The van der Waals surface area contributed by atoms with Gasteiger partial charge in [-0.25, -0.2) is 17.9 Å². The summed E-state index contributed by atoms with van der Waals surface area (Å²) in [6.45, 7) is 3.05. The Labute approximate surface area is 192 Å². The van der Waals surface area contributed by atoms with Gasteiger partial charge in [0.1, 0.15) is 0 Å². The van der Waals surface area contributed by atoms with Gasteiger partial charge in [0.15, 0.2) is 0 Å². The lowest BCUT2D eigenvalue weighted by Gasteiger charge is -2.20. The highest BCUT2D eigenvalue weighted by Gasteiger charge is 2.30. The maximum Gasteiger partial charge on any atom is 0.333 e. The minimum atomic E-state index is -4.20. The number of hydrogen-bond acceptors (Lipinski definition) is 4. The molecule has 0 aromatic heterocycles. The second-order valence-electron chi connectivity index (χ2n) is 8.60. The number of rotatable bonds is 4. The molecule has 31 heavy (non-hydrogen) atoms. The van der Waals surface area contributed by atoms with Crippen LogP contribution in [-0.2, 0) is 41.3 Å². The third kappa shape index (κ3) is 4.29. The minimum absolute atomic E-state index is 0.147. The first-order chi connectivity index (χ1) is 14.5. The van der Waals surface area contributed by atoms with Crippen LogP contribution in [0.5, 0.6) is 0 Å². The van der Waals surface area contributed by atoms with E-state index >= 15 is 0 Å². The van der Waals surface area contributed by atoms with Gasteiger partial charge in [-0.1, -0.05) is 23.2 Å². The highest BCUT2D eigenvalue weighted by molar-refractivity contribution is 7.90. The number of anilines is 1. The number of halogens is 2. The molecule has 0 heterocycles. The summed E-state index contributed by atoms with van der Waals surface area (Å²) in [7, 11) is -4.20. The van der Waals surface area contributed by atoms with Crippen molar-refractivity contribution >= 4 is 44.9 Å². The first-order valence-electron chi connectivity index (χ1n) is 10.2. The van der Waals surface area contributed by atoms with Gasteiger partial charge in [0.2, 0.25) is 0 Å². The lowest BCUT2D eigenvalue weighted by molar-refractivity contribution is 0.0784. The van der Waals surface area contributed by atoms with Gasteiger partial charge in [-0.3, -0.25) is 0 Å². The summed E-state index contributed by atoms with van der Waals surface area (Å²) in [5, 5.41) is 14.0. The van der Waals surface area contributed by atoms with Crippen molar-refractivity contribution in [3.63, 3.8) is 0 Å². The summed E-state index contributed by atoms with van der Waals surface area (Å²) in [5.74, 6) is 0. The van der Waals surface area contributed by atoms with Gasteiger partial charge in [0, 0.05) is 15.7 Å². The molecule has 0 atom stereocenters. The number of carbonyl (C=O) groups excluding carboxylic acids is 1. The molecule has 0 saturated heterocycles. The zero-order valence-electron chi connectivity index (χ0n) is 17.3. The maximum atomic E-state index is 12.9. The second kappa shape index (κ2) is 7.96. The summed E-state index contributed by atoms with van der Waals surface area (Å²) in [4.78, 5) is 12.5. The zero-order chi connectivity index (χ0) is 22.6. The standard InChI is InChI=1S/C22H24Cl2N2O4S/c1-22(2,28)12-9-13(23)11-14(10-12)31(29,30)26-21(27)25-20-17-7-3-5-15(17)19(24)16-6-4-8-18(16)20/h9-11,28H,3-8H2,1-2H3,(H2,25,26,27). The molecule has 3 N–H and O–H groups in total. The van der Waals surface area contributed by atoms with Crippen LogP contribution in [0, 0.1) is 0 Å². The van der Waals surface area contributed by atoms with Crippen LogP contribution in [0.3, 0.4) is 0 Å². The lowest BCUT2D eigenvalue weighted by atomic mass is 9.98. The largest absolute Gasteiger partial charge is 0.386 e. The zero-order valence-corrected chi connectivity index (χ0v) is 19.6. The fraction of sp³-hybridized carbons (Fsp3) is 0.409. The van der Waals surface area contributed by atoms with E-state index in [1.54, 1.807) is 0 Å². The molecule has 0 spiro atoms. The van der Waals surface area contributed by atoms with Crippen molar-refractivity contribution < 1.29 is 18.3 Å². The molecule has 2 aromatic carbocycles. The molecule has 4 rings (SSSR count). The third-order valence-corrected chi connectivity index (χ3v) is 7.91. The molecule has 0 unspecified atom stereocenters. The van der Waals surface area contributed by atoms with Gasteiger partial charge in [-0.05, 0) is 98.4 Å². The molecule has 6 nitrogen and oxygen atoms in total. The highest BCUT2D eigenvalue weighted by Crippen LogP contribution is 2.44. The van der Waals surface area contributed by atoms with Crippen LogP contribution in [0.15, 0.2) is 23.1 Å². The average Bonchev–Trinajstić information content (AvgIpc) is 3.33. The van der Waals surface area contributed by atoms with Crippen LogP contribution >= 0.6 is 23.2 Å². The van der Waals surface area contributed by atoms with E-state index in [0.717, 1.165) is 65.8 Å². The number of amides is 2. The molecular formula is C22H24Cl2N2O4S. The Balaban J connectivity index is 1.63. The van der Waals surface area contributed by atoms with Gasteiger partial charge in [0.05, 0.1) is 10.5 Å². The minimum Gasteiger partial charge on any atom is -0.386 e. The molecule has 9 heteroatoms. The Morgan fingerprint density at radius 1 is 0.968 bits per heavy atom. The fourth-order valence-corrected chi connectivity index (χ4v) is 6.12. The summed E-state index contributed by atoms with van der Waals surface area (Å²) >= 11 is 12.7. The number of nitrogens with one attached hydrogen (secondary N) is 2. The van der Waals surface area contributed by atoms with Crippen molar-refractivity contribution in [1.82, 2.24) is 4.72 Å². The van der Waals surface area contributed by atoms with Crippen molar-refractivity contribution in [2.24, 2.45) is 0 Å². The molecule has 0 aliphatic heterocycles. The van der Waals surface area contributed by atoms with E-state index in [1.165, 1.54) is 32.0 Å². The van der Waals surface area contributed by atoms with Gasteiger partial charge < -0.3 is 10.4 Å². The van der Waals surface area contributed by atoms with Crippen molar-refractivity contribution in [2.75, 3.05) is 5.32 Å². The van der Waals surface area contributed by atoms with Gasteiger partial charge in [0.25, 0.3) is 10.0 Å². The predicted octanol–water partition coefficient (Wildman–Crippen LogP) is 4.71. The topological polar surface area (TPSA) is 95.5 Å².